The molecule has 0 spiro atoms. The molecule has 1 heterocycles. The van der Waals surface area contributed by atoms with Gasteiger partial charge in [0.15, 0.2) is 0 Å². The highest BCUT2D eigenvalue weighted by Crippen LogP contribution is 2.13. The minimum absolute atomic E-state index is 0.00430. The van der Waals surface area contributed by atoms with E-state index < -0.39 is 11.6 Å². The second-order valence-electron chi connectivity index (χ2n) is 3.56. The maximum atomic E-state index is 13.4. The average Bonchev–Trinajstić information content (AvgIpc) is 2.72. The van der Waals surface area contributed by atoms with Crippen LogP contribution in [0.15, 0.2) is 24.5 Å². The molecule has 0 saturated carbocycles. The predicted octanol–water partition coefficient (Wildman–Crippen LogP) is 1.32. The normalized spacial score (nSPS) is 10.8. The third-order valence-corrected chi connectivity index (χ3v) is 2.40. The van der Waals surface area contributed by atoms with E-state index in [-0.39, 0.29) is 12.1 Å². The third-order valence-electron chi connectivity index (χ3n) is 2.40. The number of halogens is 2. The molecule has 0 fully saturated rings. The molecule has 2 aromatic rings. The third kappa shape index (κ3) is 2.47. The lowest BCUT2D eigenvalue weighted by Gasteiger charge is -2.07. The van der Waals surface area contributed by atoms with Crippen molar-refractivity contribution in [2.75, 3.05) is 7.05 Å². The monoisotopic (exact) mass is 238 g/mol. The molecule has 17 heavy (non-hydrogen) atoms. The number of rotatable bonds is 4. The molecule has 1 N–H and O–H groups in total. The van der Waals surface area contributed by atoms with Crippen molar-refractivity contribution in [1.82, 2.24) is 20.1 Å². The summed E-state index contributed by atoms with van der Waals surface area (Å²) in [5.41, 5.74) is -0.00430. The molecule has 0 bridgehead atoms. The minimum atomic E-state index is -0.573. The molecule has 0 radical (unpaired) electrons. The van der Waals surface area contributed by atoms with Crippen molar-refractivity contribution in [2.45, 2.75) is 13.1 Å². The van der Waals surface area contributed by atoms with Crippen LogP contribution in [0.1, 0.15) is 11.4 Å². The summed E-state index contributed by atoms with van der Waals surface area (Å²) in [6.07, 6.45) is 1.37. The van der Waals surface area contributed by atoms with Crippen LogP contribution in [-0.2, 0) is 13.1 Å². The van der Waals surface area contributed by atoms with E-state index in [9.17, 15) is 8.78 Å². The van der Waals surface area contributed by atoms with Gasteiger partial charge in [0.25, 0.3) is 0 Å². The fourth-order valence-corrected chi connectivity index (χ4v) is 1.55. The van der Waals surface area contributed by atoms with E-state index >= 15 is 0 Å². The zero-order valence-electron chi connectivity index (χ0n) is 9.32. The molecule has 90 valence electrons. The SMILES string of the molecule is CNCc1ncnn1Cc1c(F)cccc1F. The number of hydrogen-bond donors (Lipinski definition) is 1. The first-order valence-corrected chi connectivity index (χ1v) is 5.16. The van der Waals surface area contributed by atoms with Crippen LogP contribution in [0.3, 0.4) is 0 Å². The summed E-state index contributed by atoms with van der Waals surface area (Å²) >= 11 is 0. The van der Waals surface area contributed by atoms with Gasteiger partial charge in [-0.2, -0.15) is 5.10 Å². The Hall–Kier alpha value is -1.82. The summed E-state index contributed by atoms with van der Waals surface area (Å²) < 4.78 is 28.4. The lowest BCUT2D eigenvalue weighted by molar-refractivity contribution is 0.522. The van der Waals surface area contributed by atoms with Crippen molar-refractivity contribution in [3.63, 3.8) is 0 Å². The van der Waals surface area contributed by atoms with Gasteiger partial charge in [-0.25, -0.2) is 18.4 Å². The number of benzene rings is 1. The second-order valence-corrected chi connectivity index (χ2v) is 3.56. The zero-order chi connectivity index (χ0) is 12.3. The van der Waals surface area contributed by atoms with Gasteiger partial charge >= 0.3 is 0 Å². The number of nitrogens with one attached hydrogen (secondary N) is 1. The van der Waals surface area contributed by atoms with Crippen molar-refractivity contribution >= 4 is 0 Å². The molecule has 4 nitrogen and oxygen atoms in total. The van der Waals surface area contributed by atoms with Crippen molar-refractivity contribution < 1.29 is 8.78 Å². The van der Waals surface area contributed by atoms with Crippen molar-refractivity contribution in [3.05, 3.63) is 47.5 Å². The van der Waals surface area contributed by atoms with Gasteiger partial charge in [-0.15, -0.1) is 0 Å². The van der Waals surface area contributed by atoms with E-state index in [0.717, 1.165) is 0 Å². The Labute approximate surface area is 97.3 Å². The van der Waals surface area contributed by atoms with E-state index in [1.807, 2.05) is 0 Å². The van der Waals surface area contributed by atoms with Gasteiger partial charge in [-0.05, 0) is 19.2 Å². The number of nitrogens with zero attached hydrogens (tertiary/aromatic N) is 3. The largest absolute Gasteiger partial charge is 0.313 e. The van der Waals surface area contributed by atoms with Gasteiger partial charge in [-0.3, -0.25) is 0 Å². The molecule has 0 aliphatic rings. The van der Waals surface area contributed by atoms with Crippen LogP contribution in [0.5, 0.6) is 0 Å². The number of aromatic nitrogens is 3. The average molecular weight is 238 g/mol. The van der Waals surface area contributed by atoms with Crippen LogP contribution in [0.2, 0.25) is 0 Å². The van der Waals surface area contributed by atoms with Gasteiger partial charge in [0, 0.05) is 5.56 Å². The van der Waals surface area contributed by atoms with Gasteiger partial charge < -0.3 is 5.32 Å². The molecule has 0 atom stereocenters. The van der Waals surface area contributed by atoms with Crippen LogP contribution in [0.4, 0.5) is 8.78 Å². The standard InChI is InChI=1S/C11H12F2N4/c1-14-5-11-15-7-16-17(11)6-8-9(12)3-2-4-10(8)13/h2-4,7,14H,5-6H2,1H3. The molecular weight excluding hydrogens is 226 g/mol. The van der Waals surface area contributed by atoms with Crippen LogP contribution < -0.4 is 5.32 Å². The van der Waals surface area contributed by atoms with E-state index in [4.69, 9.17) is 0 Å². The lowest BCUT2D eigenvalue weighted by Crippen LogP contribution is -2.15. The molecule has 6 heteroatoms. The number of hydrogen-bond acceptors (Lipinski definition) is 3. The van der Waals surface area contributed by atoms with E-state index in [2.05, 4.69) is 15.4 Å². The second kappa shape index (κ2) is 5.01. The Morgan fingerprint density at radius 3 is 2.65 bits per heavy atom. The smallest absolute Gasteiger partial charge is 0.141 e. The maximum absolute atomic E-state index is 13.4. The minimum Gasteiger partial charge on any atom is -0.313 e. The predicted molar refractivity (Wildman–Crippen MR) is 58.2 cm³/mol. The molecule has 2 rings (SSSR count). The Balaban J connectivity index is 2.28. The summed E-state index contributed by atoms with van der Waals surface area (Å²) in [5.74, 6) is -0.512. The Morgan fingerprint density at radius 1 is 1.29 bits per heavy atom. The van der Waals surface area contributed by atoms with Crippen LogP contribution in [-0.4, -0.2) is 21.8 Å². The van der Waals surface area contributed by atoms with E-state index in [1.165, 1.54) is 29.2 Å². The highest BCUT2D eigenvalue weighted by molar-refractivity contribution is 5.20. The Kier molecular flexibility index (Phi) is 3.43. The highest BCUT2D eigenvalue weighted by atomic mass is 19.1. The summed E-state index contributed by atoms with van der Waals surface area (Å²) in [6, 6.07) is 3.80. The van der Waals surface area contributed by atoms with Crippen LogP contribution >= 0.6 is 0 Å². The fourth-order valence-electron chi connectivity index (χ4n) is 1.55. The Morgan fingerprint density at radius 2 is 2.00 bits per heavy atom. The Bertz CT molecular complexity index is 490. The lowest BCUT2D eigenvalue weighted by atomic mass is 10.2. The van der Waals surface area contributed by atoms with Gasteiger partial charge in [0.2, 0.25) is 0 Å². The molecule has 0 amide bonds. The maximum Gasteiger partial charge on any atom is 0.141 e. The van der Waals surface area contributed by atoms with E-state index in [1.54, 1.807) is 7.05 Å². The molecular formula is C11H12F2N4. The zero-order valence-corrected chi connectivity index (χ0v) is 9.32. The van der Waals surface area contributed by atoms with Crippen molar-refractivity contribution in [2.24, 2.45) is 0 Å². The van der Waals surface area contributed by atoms with Crippen LogP contribution in [0.25, 0.3) is 0 Å². The molecule has 0 unspecified atom stereocenters. The molecule has 0 aliphatic carbocycles. The topological polar surface area (TPSA) is 42.7 Å². The summed E-state index contributed by atoms with van der Waals surface area (Å²) in [5, 5.41) is 6.86. The van der Waals surface area contributed by atoms with Crippen molar-refractivity contribution in [1.29, 1.82) is 0 Å². The quantitative estimate of drug-likeness (QED) is 0.873. The summed E-state index contributed by atoms with van der Waals surface area (Å²) in [4.78, 5) is 4.01. The van der Waals surface area contributed by atoms with E-state index in [0.29, 0.717) is 12.4 Å². The fraction of sp³-hybridized carbons (Fsp3) is 0.273. The van der Waals surface area contributed by atoms with Crippen molar-refractivity contribution in [3.8, 4) is 0 Å². The molecule has 1 aromatic heterocycles. The molecule has 0 saturated heterocycles. The van der Waals surface area contributed by atoms with Gasteiger partial charge in [0.05, 0.1) is 13.1 Å². The molecule has 0 aliphatic heterocycles. The van der Waals surface area contributed by atoms with Gasteiger partial charge in [-0.1, -0.05) is 6.07 Å². The first-order valence-electron chi connectivity index (χ1n) is 5.16. The summed E-state index contributed by atoms with van der Waals surface area (Å²) in [6.45, 7) is 0.533. The van der Waals surface area contributed by atoms with Gasteiger partial charge in [0.1, 0.15) is 23.8 Å². The first kappa shape index (κ1) is 11.7. The van der Waals surface area contributed by atoms with Crippen LogP contribution in [0, 0.1) is 11.6 Å². The molecule has 1 aromatic carbocycles. The summed E-state index contributed by atoms with van der Waals surface area (Å²) in [7, 11) is 1.77. The first-order chi connectivity index (χ1) is 8.22. The highest BCUT2D eigenvalue weighted by Gasteiger charge is 2.11.